The zero-order valence-corrected chi connectivity index (χ0v) is 11.6. The van der Waals surface area contributed by atoms with Gasteiger partial charge in [0.1, 0.15) is 6.54 Å². The molecule has 6 nitrogen and oxygen atoms in total. The molecular weight excluding hydrogens is 291 g/mol. The number of carbonyl (C=O) groups excluding carboxylic acids is 1. The van der Waals surface area contributed by atoms with Gasteiger partial charge in [-0.2, -0.15) is 18.3 Å². The molecule has 0 aliphatic heterocycles. The Labute approximate surface area is 119 Å². The van der Waals surface area contributed by atoms with E-state index in [2.05, 4.69) is 5.10 Å². The van der Waals surface area contributed by atoms with Gasteiger partial charge in [0, 0.05) is 19.3 Å². The molecule has 21 heavy (non-hydrogen) atoms. The molecule has 1 amide bonds. The van der Waals surface area contributed by atoms with Crippen molar-refractivity contribution in [2.45, 2.75) is 26.6 Å². The van der Waals surface area contributed by atoms with Crippen LogP contribution in [-0.2, 0) is 22.3 Å². The number of carbonyl (C=O) groups is 2. The lowest BCUT2D eigenvalue weighted by molar-refractivity contribution is -0.144. The minimum Gasteiger partial charge on any atom is -0.481 e. The van der Waals surface area contributed by atoms with E-state index < -0.39 is 29.7 Å². The predicted molar refractivity (Wildman–Crippen MR) is 66.3 cm³/mol. The van der Waals surface area contributed by atoms with Crippen molar-refractivity contribution in [3.63, 3.8) is 0 Å². The summed E-state index contributed by atoms with van der Waals surface area (Å²) in [7, 11) is 0. The van der Waals surface area contributed by atoms with Crippen LogP contribution in [0.25, 0.3) is 0 Å². The zero-order chi connectivity index (χ0) is 16.2. The average molecular weight is 307 g/mol. The molecule has 0 fully saturated rings. The second-order valence-corrected chi connectivity index (χ2v) is 4.57. The van der Waals surface area contributed by atoms with Gasteiger partial charge in [-0.1, -0.05) is 6.92 Å². The highest BCUT2D eigenvalue weighted by atomic mass is 19.4. The molecule has 1 unspecified atom stereocenters. The molecular formula is C12H16F3N3O3. The fourth-order valence-electron chi connectivity index (χ4n) is 1.66. The Morgan fingerprint density at radius 2 is 2.10 bits per heavy atom. The van der Waals surface area contributed by atoms with Crippen molar-refractivity contribution < 1.29 is 27.9 Å². The van der Waals surface area contributed by atoms with Gasteiger partial charge in [-0.05, 0) is 13.0 Å². The van der Waals surface area contributed by atoms with E-state index in [1.807, 2.05) is 0 Å². The topological polar surface area (TPSA) is 75.4 Å². The summed E-state index contributed by atoms with van der Waals surface area (Å²) < 4.78 is 38.1. The van der Waals surface area contributed by atoms with Crippen molar-refractivity contribution in [3.05, 3.63) is 18.0 Å². The fourth-order valence-corrected chi connectivity index (χ4v) is 1.66. The molecule has 0 aliphatic rings. The molecule has 1 N–H and O–H groups in total. The van der Waals surface area contributed by atoms with Gasteiger partial charge in [0.15, 0.2) is 5.69 Å². The van der Waals surface area contributed by atoms with Crippen molar-refractivity contribution in [1.29, 1.82) is 0 Å². The maximum Gasteiger partial charge on any atom is 0.435 e. The molecule has 9 heteroatoms. The number of alkyl halides is 3. The van der Waals surface area contributed by atoms with E-state index in [0.717, 1.165) is 16.9 Å². The van der Waals surface area contributed by atoms with Crippen molar-refractivity contribution >= 4 is 11.9 Å². The third-order valence-corrected chi connectivity index (χ3v) is 2.88. The van der Waals surface area contributed by atoms with Crippen molar-refractivity contribution in [2.24, 2.45) is 5.92 Å². The Morgan fingerprint density at radius 3 is 2.52 bits per heavy atom. The molecule has 1 aromatic rings. The normalized spacial score (nSPS) is 13.0. The summed E-state index contributed by atoms with van der Waals surface area (Å²) in [6.07, 6.45) is -3.49. The van der Waals surface area contributed by atoms with Gasteiger partial charge in [0.05, 0.1) is 5.92 Å². The van der Waals surface area contributed by atoms with Gasteiger partial charge in [0.2, 0.25) is 5.91 Å². The van der Waals surface area contributed by atoms with Gasteiger partial charge in [-0.25, -0.2) is 0 Å². The Bertz CT molecular complexity index is 513. The summed E-state index contributed by atoms with van der Waals surface area (Å²) in [5.41, 5.74) is -1.07. The van der Waals surface area contributed by atoms with E-state index in [1.165, 1.54) is 11.8 Å². The number of halogens is 3. The van der Waals surface area contributed by atoms with E-state index >= 15 is 0 Å². The van der Waals surface area contributed by atoms with Gasteiger partial charge in [-0.3, -0.25) is 14.3 Å². The third kappa shape index (κ3) is 4.76. The molecule has 0 aromatic carbocycles. The molecule has 118 valence electrons. The number of aliphatic carboxylic acids is 1. The monoisotopic (exact) mass is 307 g/mol. The van der Waals surface area contributed by atoms with Gasteiger partial charge < -0.3 is 10.0 Å². The smallest absolute Gasteiger partial charge is 0.435 e. The number of carboxylic acid groups (broad SMARTS) is 1. The second kappa shape index (κ2) is 6.59. The maximum atomic E-state index is 12.4. The van der Waals surface area contributed by atoms with Crippen LogP contribution in [0.5, 0.6) is 0 Å². The minimum absolute atomic E-state index is 0.00192. The molecule has 0 aliphatic carbocycles. The van der Waals surface area contributed by atoms with Crippen LogP contribution in [0.1, 0.15) is 19.5 Å². The molecule has 1 aromatic heterocycles. The first-order valence-electron chi connectivity index (χ1n) is 6.26. The molecule has 0 radical (unpaired) electrons. The van der Waals surface area contributed by atoms with Crippen LogP contribution < -0.4 is 0 Å². The molecule has 1 rings (SSSR count). The Hall–Kier alpha value is -2.06. The summed E-state index contributed by atoms with van der Waals surface area (Å²) in [5, 5.41) is 12.1. The summed E-state index contributed by atoms with van der Waals surface area (Å²) in [6.45, 7) is 3.02. The van der Waals surface area contributed by atoms with Crippen LogP contribution in [0.2, 0.25) is 0 Å². The van der Waals surface area contributed by atoms with E-state index in [9.17, 15) is 22.8 Å². The molecule has 0 saturated heterocycles. The van der Waals surface area contributed by atoms with Crippen molar-refractivity contribution in [1.82, 2.24) is 14.7 Å². The average Bonchev–Trinajstić information content (AvgIpc) is 2.83. The first kappa shape index (κ1) is 17.0. The predicted octanol–water partition coefficient (Wildman–Crippen LogP) is 1.47. The first-order valence-corrected chi connectivity index (χ1v) is 6.26. The van der Waals surface area contributed by atoms with E-state index in [0.29, 0.717) is 0 Å². The van der Waals surface area contributed by atoms with Gasteiger partial charge in [0.25, 0.3) is 0 Å². The second-order valence-electron chi connectivity index (χ2n) is 4.57. The lowest BCUT2D eigenvalue weighted by Gasteiger charge is -2.22. The van der Waals surface area contributed by atoms with Crippen LogP contribution in [-0.4, -0.2) is 44.8 Å². The SMILES string of the molecule is CCN(CC(C)C(=O)O)C(=O)Cn1ccc(C(F)(F)F)n1. The summed E-state index contributed by atoms with van der Waals surface area (Å²) >= 11 is 0. The number of rotatable bonds is 6. The summed E-state index contributed by atoms with van der Waals surface area (Å²) in [4.78, 5) is 24.0. The number of carboxylic acids is 1. The number of aromatic nitrogens is 2. The molecule has 0 spiro atoms. The first-order chi connectivity index (χ1) is 9.65. The summed E-state index contributed by atoms with van der Waals surface area (Å²) in [6, 6.07) is 0.781. The fraction of sp³-hybridized carbons (Fsp3) is 0.583. The molecule has 0 saturated carbocycles. The van der Waals surface area contributed by atoms with Gasteiger partial charge >= 0.3 is 12.1 Å². The van der Waals surface area contributed by atoms with Crippen LogP contribution in [0, 0.1) is 5.92 Å². The van der Waals surface area contributed by atoms with E-state index in [-0.39, 0.29) is 19.6 Å². The van der Waals surface area contributed by atoms with Crippen LogP contribution in [0.15, 0.2) is 12.3 Å². The maximum absolute atomic E-state index is 12.4. The molecule has 1 atom stereocenters. The number of hydrogen-bond donors (Lipinski definition) is 1. The van der Waals surface area contributed by atoms with E-state index in [1.54, 1.807) is 6.92 Å². The highest BCUT2D eigenvalue weighted by molar-refractivity contribution is 5.77. The van der Waals surface area contributed by atoms with Crippen molar-refractivity contribution in [3.8, 4) is 0 Å². The standard InChI is InChI=1S/C12H16F3N3O3/c1-3-17(6-8(2)11(20)21)10(19)7-18-5-4-9(16-18)12(13,14)15/h4-5,8H,3,6-7H2,1-2H3,(H,20,21). The van der Waals surface area contributed by atoms with Gasteiger partial charge in [-0.15, -0.1) is 0 Å². The number of hydrogen-bond acceptors (Lipinski definition) is 3. The highest BCUT2D eigenvalue weighted by Crippen LogP contribution is 2.27. The van der Waals surface area contributed by atoms with Crippen molar-refractivity contribution in [2.75, 3.05) is 13.1 Å². The van der Waals surface area contributed by atoms with Crippen LogP contribution in [0.4, 0.5) is 13.2 Å². The summed E-state index contributed by atoms with van der Waals surface area (Å²) in [5.74, 6) is -2.28. The quantitative estimate of drug-likeness (QED) is 0.863. The lowest BCUT2D eigenvalue weighted by Crippen LogP contribution is -2.38. The minimum atomic E-state index is -4.56. The number of nitrogens with zero attached hydrogens (tertiary/aromatic N) is 3. The molecule has 1 heterocycles. The lowest BCUT2D eigenvalue weighted by atomic mass is 10.1. The number of likely N-dealkylation sites (N-methyl/N-ethyl adjacent to an activating group) is 1. The highest BCUT2D eigenvalue weighted by Gasteiger charge is 2.33. The van der Waals surface area contributed by atoms with Crippen LogP contribution in [0.3, 0.4) is 0 Å². The van der Waals surface area contributed by atoms with E-state index in [4.69, 9.17) is 5.11 Å². The third-order valence-electron chi connectivity index (χ3n) is 2.88. The Balaban J connectivity index is 2.70. The Morgan fingerprint density at radius 1 is 1.48 bits per heavy atom. The zero-order valence-electron chi connectivity index (χ0n) is 11.6. The largest absolute Gasteiger partial charge is 0.481 e. The number of amides is 1. The Kier molecular flexibility index (Phi) is 5.34. The molecule has 0 bridgehead atoms. The van der Waals surface area contributed by atoms with Crippen LogP contribution >= 0.6 is 0 Å².